The van der Waals surface area contributed by atoms with Crippen molar-refractivity contribution in [1.82, 2.24) is 0 Å². The zero-order valence-corrected chi connectivity index (χ0v) is 20.4. The van der Waals surface area contributed by atoms with Gasteiger partial charge in [0, 0.05) is 21.7 Å². The van der Waals surface area contributed by atoms with Crippen molar-refractivity contribution in [2.24, 2.45) is 5.73 Å². The molecule has 0 amide bonds. The van der Waals surface area contributed by atoms with E-state index in [1.165, 1.54) is 0 Å². The predicted octanol–water partition coefficient (Wildman–Crippen LogP) is 5.46. The van der Waals surface area contributed by atoms with Crippen molar-refractivity contribution >= 4 is 21.9 Å². The molecular weight excluding hydrogens is 512 g/mol. The van der Waals surface area contributed by atoms with Crippen LogP contribution in [0.5, 0.6) is 23.0 Å². The number of nitrogens with zero attached hydrogens (tertiary/aromatic N) is 1. The number of rotatable bonds is 7. The molecule has 1 aliphatic rings. The second-order valence-electron chi connectivity index (χ2n) is 7.52. The number of fused-ring (bicyclic) bond motifs is 1. The maximum absolute atomic E-state index is 12.7. The molecule has 35 heavy (non-hydrogen) atoms. The fraction of sp³-hybridized carbons (Fsp3) is 0.111. The van der Waals surface area contributed by atoms with Crippen LogP contribution in [0.25, 0.3) is 0 Å². The molecular formula is C27H21BrN2O5. The molecule has 1 aliphatic heterocycles. The van der Waals surface area contributed by atoms with E-state index < -0.39 is 11.9 Å². The van der Waals surface area contributed by atoms with Gasteiger partial charge in [0.25, 0.3) is 0 Å². The van der Waals surface area contributed by atoms with Gasteiger partial charge < -0.3 is 24.7 Å². The van der Waals surface area contributed by atoms with Crippen molar-refractivity contribution in [1.29, 1.82) is 5.26 Å². The van der Waals surface area contributed by atoms with E-state index in [4.69, 9.17) is 24.7 Å². The summed E-state index contributed by atoms with van der Waals surface area (Å²) in [5.74, 6) is 0.786. The standard InChI is InChI=1S/C27H21BrN2O5/c1-3-12-33-18-7-4-16(5-8-18)27(31)34-19-9-10-20-24(14-19)35-26(30)22(15-29)25(20)21-13-17(28)6-11-23(21)32-2/h3-11,13-14,25H,1,12,30H2,2H3. The summed E-state index contributed by atoms with van der Waals surface area (Å²) < 4.78 is 23.1. The fourth-order valence-electron chi connectivity index (χ4n) is 3.76. The monoisotopic (exact) mass is 532 g/mol. The Bertz CT molecular complexity index is 1360. The van der Waals surface area contributed by atoms with E-state index in [2.05, 4.69) is 28.6 Å². The third-order valence-corrected chi connectivity index (χ3v) is 5.85. The van der Waals surface area contributed by atoms with Crippen LogP contribution in [0.3, 0.4) is 0 Å². The van der Waals surface area contributed by atoms with Gasteiger partial charge in [0.15, 0.2) is 0 Å². The van der Waals surface area contributed by atoms with Crippen LogP contribution < -0.4 is 24.7 Å². The van der Waals surface area contributed by atoms with Crippen LogP contribution in [0.4, 0.5) is 0 Å². The number of nitriles is 1. The minimum Gasteiger partial charge on any atom is -0.496 e. The minimum absolute atomic E-state index is 0.0226. The highest BCUT2D eigenvalue weighted by Crippen LogP contribution is 2.46. The van der Waals surface area contributed by atoms with E-state index in [-0.39, 0.29) is 17.2 Å². The first kappa shape index (κ1) is 23.9. The summed E-state index contributed by atoms with van der Waals surface area (Å²) in [5, 5.41) is 9.81. The second kappa shape index (κ2) is 10.4. The molecule has 7 nitrogen and oxygen atoms in total. The number of carbonyl (C=O) groups is 1. The van der Waals surface area contributed by atoms with Gasteiger partial charge in [-0.3, -0.25) is 0 Å². The summed E-state index contributed by atoms with van der Waals surface area (Å²) in [6, 6.07) is 19.3. The summed E-state index contributed by atoms with van der Waals surface area (Å²) in [6.07, 6.45) is 1.64. The average Bonchev–Trinajstić information content (AvgIpc) is 2.86. The molecule has 0 saturated heterocycles. The molecule has 0 bridgehead atoms. The molecule has 4 rings (SSSR count). The van der Waals surface area contributed by atoms with Crippen molar-refractivity contribution in [3.8, 4) is 29.1 Å². The van der Waals surface area contributed by atoms with Gasteiger partial charge in [-0.15, -0.1) is 0 Å². The molecule has 1 unspecified atom stereocenters. The average molecular weight is 533 g/mol. The normalized spacial score (nSPS) is 14.3. The number of nitrogens with two attached hydrogens (primary N) is 1. The molecule has 0 fully saturated rings. The zero-order chi connectivity index (χ0) is 24.9. The molecule has 3 aromatic carbocycles. The van der Waals surface area contributed by atoms with Crippen LogP contribution in [0.2, 0.25) is 0 Å². The van der Waals surface area contributed by atoms with Crippen molar-refractivity contribution in [3.63, 3.8) is 0 Å². The van der Waals surface area contributed by atoms with E-state index in [1.54, 1.807) is 55.7 Å². The van der Waals surface area contributed by atoms with Gasteiger partial charge in [0.05, 0.1) is 18.6 Å². The molecule has 3 aromatic rings. The van der Waals surface area contributed by atoms with Gasteiger partial charge in [-0.05, 0) is 48.5 Å². The lowest BCUT2D eigenvalue weighted by Gasteiger charge is -2.27. The molecule has 0 saturated carbocycles. The lowest BCUT2D eigenvalue weighted by Crippen LogP contribution is -2.21. The number of allylic oxidation sites excluding steroid dienone is 1. The largest absolute Gasteiger partial charge is 0.496 e. The molecule has 0 aliphatic carbocycles. The Kier molecular flexibility index (Phi) is 7.09. The quantitative estimate of drug-likeness (QED) is 0.244. The van der Waals surface area contributed by atoms with E-state index in [0.29, 0.717) is 35.0 Å². The molecule has 0 radical (unpaired) electrons. The number of halogens is 1. The lowest BCUT2D eigenvalue weighted by atomic mass is 9.83. The molecule has 0 spiro atoms. The van der Waals surface area contributed by atoms with Gasteiger partial charge in [0.2, 0.25) is 5.88 Å². The highest BCUT2D eigenvalue weighted by atomic mass is 79.9. The molecule has 1 heterocycles. The smallest absolute Gasteiger partial charge is 0.343 e. The van der Waals surface area contributed by atoms with Crippen molar-refractivity contribution in [2.75, 3.05) is 13.7 Å². The van der Waals surface area contributed by atoms with E-state index in [9.17, 15) is 10.1 Å². The van der Waals surface area contributed by atoms with Gasteiger partial charge in [-0.1, -0.05) is 34.7 Å². The first-order valence-corrected chi connectivity index (χ1v) is 11.4. The molecule has 176 valence electrons. The Labute approximate surface area is 211 Å². The number of esters is 1. The first-order chi connectivity index (χ1) is 16.9. The van der Waals surface area contributed by atoms with E-state index in [0.717, 1.165) is 10.0 Å². The Hall–Kier alpha value is -4.22. The van der Waals surface area contributed by atoms with E-state index >= 15 is 0 Å². The maximum atomic E-state index is 12.7. The van der Waals surface area contributed by atoms with Crippen LogP contribution in [0.1, 0.15) is 27.4 Å². The highest BCUT2D eigenvalue weighted by molar-refractivity contribution is 9.10. The topological polar surface area (TPSA) is 104 Å². The van der Waals surface area contributed by atoms with Crippen molar-refractivity contribution < 1.29 is 23.7 Å². The number of hydrogen-bond donors (Lipinski definition) is 1. The number of ether oxygens (including phenoxy) is 4. The zero-order valence-electron chi connectivity index (χ0n) is 18.8. The van der Waals surface area contributed by atoms with Crippen LogP contribution in [-0.2, 0) is 0 Å². The highest BCUT2D eigenvalue weighted by Gasteiger charge is 2.33. The Morgan fingerprint density at radius 1 is 1.14 bits per heavy atom. The van der Waals surface area contributed by atoms with Crippen LogP contribution in [-0.4, -0.2) is 19.7 Å². The number of carbonyl (C=O) groups excluding carboxylic acids is 1. The minimum atomic E-state index is -0.539. The lowest BCUT2D eigenvalue weighted by molar-refractivity contribution is 0.0734. The summed E-state index contributed by atoms with van der Waals surface area (Å²) >= 11 is 3.48. The summed E-state index contributed by atoms with van der Waals surface area (Å²) in [5.41, 5.74) is 8.17. The van der Waals surface area contributed by atoms with Crippen LogP contribution in [0.15, 0.2) is 89.2 Å². The predicted molar refractivity (Wildman–Crippen MR) is 134 cm³/mol. The summed E-state index contributed by atoms with van der Waals surface area (Å²) in [6.45, 7) is 3.97. The Morgan fingerprint density at radius 2 is 1.89 bits per heavy atom. The second-order valence-corrected chi connectivity index (χ2v) is 8.44. The molecule has 1 atom stereocenters. The molecule has 8 heteroatoms. The van der Waals surface area contributed by atoms with E-state index in [1.807, 2.05) is 18.2 Å². The van der Waals surface area contributed by atoms with Gasteiger partial charge in [-0.25, -0.2) is 4.79 Å². The maximum Gasteiger partial charge on any atom is 0.343 e. The van der Waals surface area contributed by atoms with Crippen LogP contribution in [0, 0.1) is 11.3 Å². The molecule has 2 N–H and O–H groups in total. The third-order valence-electron chi connectivity index (χ3n) is 5.36. The Balaban J connectivity index is 1.64. The van der Waals surface area contributed by atoms with Gasteiger partial charge >= 0.3 is 5.97 Å². The summed E-state index contributed by atoms with van der Waals surface area (Å²) in [4.78, 5) is 12.7. The molecule has 0 aromatic heterocycles. The number of methoxy groups -OCH3 is 1. The SMILES string of the molecule is C=CCOc1ccc(C(=O)Oc2ccc3c(c2)OC(N)=C(C#N)C3c2cc(Br)ccc2OC)cc1. The van der Waals surface area contributed by atoms with Crippen LogP contribution >= 0.6 is 15.9 Å². The number of hydrogen-bond acceptors (Lipinski definition) is 7. The van der Waals surface area contributed by atoms with Gasteiger partial charge in [0.1, 0.15) is 41.2 Å². The fourth-order valence-corrected chi connectivity index (χ4v) is 4.14. The van der Waals surface area contributed by atoms with Crippen molar-refractivity contribution in [2.45, 2.75) is 5.92 Å². The summed E-state index contributed by atoms with van der Waals surface area (Å²) in [7, 11) is 1.56. The number of benzene rings is 3. The van der Waals surface area contributed by atoms with Crippen molar-refractivity contribution in [3.05, 3.63) is 106 Å². The first-order valence-electron chi connectivity index (χ1n) is 10.6. The third kappa shape index (κ3) is 5.00. The Morgan fingerprint density at radius 3 is 2.57 bits per heavy atom. The van der Waals surface area contributed by atoms with Gasteiger partial charge in [-0.2, -0.15) is 5.26 Å².